The predicted molar refractivity (Wildman–Crippen MR) is 135 cm³/mol. The molecule has 1 amide bonds. The van der Waals surface area contributed by atoms with E-state index in [9.17, 15) is 9.18 Å². The molecule has 0 atom stereocenters. The Labute approximate surface area is 202 Å². The van der Waals surface area contributed by atoms with Crippen LogP contribution in [0.25, 0.3) is 10.9 Å². The van der Waals surface area contributed by atoms with Crippen molar-refractivity contribution in [3.63, 3.8) is 0 Å². The van der Waals surface area contributed by atoms with Crippen LogP contribution in [0.5, 0.6) is 0 Å². The summed E-state index contributed by atoms with van der Waals surface area (Å²) in [7, 11) is 0. The second-order valence-corrected chi connectivity index (χ2v) is 8.60. The third-order valence-electron chi connectivity index (χ3n) is 6.06. The summed E-state index contributed by atoms with van der Waals surface area (Å²) in [6, 6.07) is 22.2. The molecule has 6 nitrogen and oxygen atoms in total. The van der Waals surface area contributed by atoms with Crippen molar-refractivity contribution in [2.24, 2.45) is 0 Å². The lowest BCUT2D eigenvalue weighted by atomic mass is 10.1. The number of amides is 1. The number of hydrogen-bond acceptors (Lipinski definition) is 5. The van der Waals surface area contributed by atoms with E-state index in [2.05, 4.69) is 15.3 Å². The molecule has 0 spiro atoms. The van der Waals surface area contributed by atoms with Crippen LogP contribution in [-0.4, -0.2) is 47.0 Å². The monoisotopic (exact) mass is 473 g/mol. The molecule has 0 unspecified atom stereocenters. The van der Waals surface area contributed by atoms with E-state index in [1.54, 1.807) is 12.1 Å². The zero-order valence-corrected chi connectivity index (χ0v) is 19.3. The maximum Gasteiger partial charge on any atom is 0.253 e. The summed E-state index contributed by atoms with van der Waals surface area (Å²) in [5, 5.41) is 4.32. The van der Waals surface area contributed by atoms with Crippen LogP contribution in [-0.2, 0) is 6.54 Å². The molecule has 0 radical (unpaired) electrons. The summed E-state index contributed by atoms with van der Waals surface area (Å²) in [6.07, 6.45) is 0. The van der Waals surface area contributed by atoms with Crippen molar-refractivity contribution in [1.82, 2.24) is 14.9 Å². The molecular weight excluding hydrogens is 449 g/mol. The van der Waals surface area contributed by atoms with Gasteiger partial charge in [-0.1, -0.05) is 36.4 Å². The highest BCUT2D eigenvalue weighted by molar-refractivity contribution is 7.71. The normalized spacial score (nSPS) is 13.8. The number of rotatable bonds is 5. The Morgan fingerprint density at radius 1 is 0.971 bits per heavy atom. The van der Waals surface area contributed by atoms with Gasteiger partial charge in [-0.3, -0.25) is 4.79 Å². The molecular formula is C26H24FN5OS. The first-order valence-corrected chi connectivity index (χ1v) is 11.6. The Balaban J connectivity index is 1.21. The molecule has 2 heterocycles. The molecule has 3 aromatic carbocycles. The van der Waals surface area contributed by atoms with Crippen molar-refractivity contribution in [2.75, 3.05) is 36.4 Å². The number of aromatic amines is 1. The molecule has 1 aliphatic heterocycles. The molecule has 2 N–H and O–H groups in total. The maximum atomic E-state index is 14.1. The lowest BCUT2D eigenvalue weighted by molar-refractivity contribution is 0.0746. The van der Waals surface area contributed by atoms with E-state index in [0.717, 1.165) is 22.3 Å². The molecule has 34 heavy (non-hydrogen) atoms. The molecule has 4 aromatic rings. The summed E-state index contributed by atoms with van der Waals surface area (Å²) < 4.78 is 14.5. The summed E-state index contributed by atoms with van der Waals surface area (Å²) in [5.74, 6) is 0.495. The minimum absolute atomic E-state index is 0.00491. The van der Waals surface area contributed by atoms with Crippen molar-refractivity contribution < 1.29 is 9.18 Å². The van der Waals surface area contributed by atoms with E-state index in [0.29, 0.717) is 48.7 Å². The highest BCUT2D eigenvalue weighted by Gasteiger charge is 2.23. The van der Waals surface area contributed by atoms with Gasteiger partial charge in [0, 0.05) is 43.7 Å². The van der Waals surface area contributed by atoms with Crippen LogP contribution in [0.15, 0.2) is 72.8 Å². The number of H-pyrrole nitrogens is 1. The van der Waals surface area contributed by atoms with E-state index < -0.39 is 0 Å². The molecule has 0 bridgehead atoms. The summed E-state index contributed by atoms with van der Waals surface area (Å²) in [4.78, 5) is 24.3. The standard InChI is InChI=1S/C26H24FN5OS/c27-21-6-2-4-8-23(21)31-13-15-32(16-14-31)25(33)19-11-9-18(10-12-19)17-28-24-20-5-1-3-7-22(20)29-26(34)30-24/h1-12H,13-17H2,(H2,28,29,30,34). The van der Waals surface area contributed by atoms with Crippen molar-refractivity contribution in [2.45, 2.75) is 6.54 Å². The lowest BCUT2D eigenvalue weighted by Gasteiger charge is -2.36. The predicted octanol–water partition coefficient (Wildman–Crippen LogP) is 5.01. The molecule has 1 aromatic heterocycles. The molecule has 5 rings (SSSR count). The number of nitrogens with one attached hydrogen (secondary N) is 2. The number of anilines is 2. The zero-order chi connectivity index (χ0) is 23.5. The van der Waals surface area contributed by atoms with Gasteiger partial charge in [-0.05, 0) is 54.2 Å². The first-order chi connectivity index (χ1) is 16.6. The number of halogens is 1. The van der Waals surface area contributed by atoms with Crippen molar-refractivity contribution in [3.8, 4) is 0 Å². The number of aromatic nitrogens is 2. The van der Waals surface area contributed by atoms with Crippen LogP contribution < -0.4 is 10.2 Å². The average Bonchev–Trinajstić information content (AvgIpc) is 2.87. The first-order valence-electron chi connectivity index (χ1n) is 11.2. The van der Waals surface area contributed by atoms with Gasteiger partial charge in [0.25, 0.3) is 5.91 Å². The number of para-hydroxylation sites is 2. The molecule has 172 valence electrons. The first kappa shape index (κ1) is 22.0. The molecule has 0 saturated carbocycles. The van der Waals surface area contributed by atoms with Crippen LogP contribution in [0.2, 0.25) is 0 Å². The van der Waals surface area contributed by atoms with E-state index >= 15 is 0 Å². The minimum atomic E-state index is -0.229. The van der Waals surface area contributed by atoms with E-state index in [4.69, 9.17) is 12.2 Å². The van der Waals surface area contributed by atoms with E-state index in [-0.39, 0.29) is 11.7 Å². The van der Waals surface area contributed by atoms with Gasteiger partial charge in [0.15, 0.2) is 4.77 Å². The highest BCUT2D eigenvalue weighted by atomic mass is 32.1. The fourth-order valence-corrected chi connectivity index (χ4v) is 4.43. The van der Waals surface area contributed by atoms with Crippen molar-refractivity contribution in [3.05, 3.63) is 94.5 Å². The second-order valence-electron chi connectivity index (χ2n) is 8.22. The SMILES string of the molecule is O=C(c1ccc(CNc2nc(=S)[nH]c3ccccc23)cc1)N1CCN(c2ccccc2F)CC1. The average molecular weight is 474 g/mol. The zero-order valence-electron chi connectivity index (χ0n) is 18.5. The molecule has 1 saturated heterocycles. The quantitative estimate of drug-likeness (QED) is 0.399. The topological polar surface area (TPSA) is 64.3 Å². The Morgan fingerprint density at radius 2 is 1.68 bits per heavy atom. The Hall–Kier alpha value is -3.78. The smallest absolute Gasteiger partial charge is 0.253 e. The van der Waals surface area contributed by atoms with Crippen molar-refractivity contribution in [1.29, 1.82) is 0 Å². The highest BCUT2D eigenvalue weighted by Crippen LogP contribution is 2.22. The molecule has 8 heteroatoms. The van der Waals surface area contributed by atoms with Crippen LogP contribution >= 0.6 is 12.2 Å². The van der Waals surface area contributed by atoms with Crippen LogP contribution in [0.4, 0.5) is 15.9 Å². The number of fused-ring (bicyclic) bond motifs is 1. The summed E-state index contributed by atoms with van der Waals surface area (Å²) in [6.45, 7) is 2.89. The number of piperazine rings is 1. The largest absolute Gasteiger partial charge is 0.366 e. The van der Waals surface area contributed by atoms with Gasteiger partial charge in [0.2, 0.25) is 0 Å². The van der Waals surface area contributed by atoms with Gasteiger partial charge in [-0.15, -0.1) is 0 Å². The van der Waals surface area contributed by atoms with Gasteiger partial charge in [0.05, 0.1) is 11.2 Å². The minimum Gasteiger partial charge on any atom is -0.366 e. The Morgan fingerprint density at radius 3 is 2.44 bits per heavy atom. The number of hydrogen-bond donors (Lipinski definition) is 2. The van der Waals surface area contributed by atoms with Gasteiger partial charge in [-0.25, -0.2) is 9.37 Å². The molecule has 0 aliphatic carbocycles. The third-order valence-corrected chi connectivity index (χ3v) is 6.25. The summed E-state index contributed by atoms with van der Waals surface area (Å²) in [5.41, 5.74) is 3.20. The number of benzene rings is 3. The lowest BCUT2D eigenvalue weighted by Crippen LogP contribution is -2.49. The maximum absolute atomic E-state index is 14.1. The molecule has 1 fully saturated rings. The Kier molecular flexibility index (Phi) is 6.22. The van der Waals surface area contributed by atoms with E-state index in [1.807, 2.05) is 64.4 Å². The van der Waals surface area contributed by atoms with Crippen LogP contribution in [0.1, 0.15) is 15.9 Å². The fourth-order valence-electron chi connectivity index (χ4n) is 4.23. The second kappa shape index (κ2) is 9.61. The fraction of sp³-hybridized carbons (Fsp3) is 0.192. The summed E-state index contributed by atoms with van der Waals surface area (Å²) >= 11 is 5.24. The van der Waals surface area contributed by atoms with Gasteiger partial charge in [-0.2, -0.15) is 0 Å². The van der Waals surface area contributed by atoms with Gasteiger partial charge in [0.1, 0.15) is 11.6 Å². The number of carbonyl (C=O) groups is 1. The van der Waals surface area contributed by atoms with Crippen LogP contribution in [0, 0.1) is 10.6 Å². The van der Waals surface area contributed by atoms with E-state index in [1.165, 1.54) is 6.07 Å². The Bertz CT molecular complexity index is 1380. The third kappa shape index (κ3) is 4.63. The van der Waals surface area contributed by atoms with Crippen LogP contribution in [0.3, 0.4) is 0 Å². The molecule has 1 aliphatic rings. The number of carbonyl (C=O) groups excluding carboxylic acids is 1. The van der Waals surface area contributed by atoms with Crippen molar-refractivity contribution >= 4 is 40.5 Å². The van der Waals surface area contributed by atoms with Gasteiger partial charge < -0.3 is 20.1 Å². The van der Waals surface area contributed by atoms with Gasteiger partial charge >= 0.3 is 0 Å². The number of nitrogens with zero attached hydrogens (tertiary/aromatic N) is 3.